The Bertz CT molecular complexity index is 588. The van der Waals surface area contributed by atoms with Gasteiger partial charge in [-0.3, -0.25) is 4.79 Å². The highest BCUT2D eigenvalue weighted by Gasteiger charge is 2.11. The normalized spacial score (nSPS) is 12.2. The lowest BCUT2D eigenvalue weighted by Gasteiger charge is -2.10. The summed E-state index contributed by atoms with van der Waals surface area (Å²) in [4.78, 5) is 12.5. The molecule has 0 saturated carbocycles. The fraction of sp³-hybridized carbons (Fsp3) is 0.316. The van der Waals surface area contributed by atoms with Crippen LogP contribution in [0.15, 0.2) is 42.5 Å². The van der Waals surface area contributed by atoms with Crippen LogP contribution in [0.2, 0.25) is 0 Å². The van der Waals surface area contributed by atoms with Crippen molar-refractivity contribution in [2.24, 2.45) is 0 Å². The number of benzene rings is 2. The average Bonchev–Trinajstić information content (AvgIpc) is 2.45. The third-order valence-electron chi connectivity index (χ3n) is 3.84. The molecule has 1 unspecified atom stereocenters. The lowest BCUT2D eigenvalue weighted by Crippen LogP contribution is -2.03. The first-order valence-corrected chi connectivity index (χ1v) is 7.24. The Morgan fingerprint density at radius 1 is 0.950 bits per heavy atom. The number of rotatable bonds is 4. The Balaban J connectivity index is 2.29. The highest BCUT2D eigenvalue weighted by molar-refractivity contribution is 6.09. The summed E-state index contributed by atoms with van der Waals surface area (Å²) < 4.78 is 0. The van der Waals surface area contributed by atoms with Crippen molar-refractivity contribution >= 4 is 5.78 Å². The van der Waals surface area contributed by atoms with E-state index in [-0.39, 0.29) is 5.78 Å². The van der Waals surface area contributed by atoms with Crippen molar-refractivity contribution in [2.45, 2.75) is 40.0 Å². The van der Waals surface area contributed by atoms with Crippen LogP contribution in [0.4, 0.5) is 0 Å². The lowest BCUT2D eigenvalue weighted by atomic mass is 9.95. The SMILES string of the molecule is CCC(C)c1ccc(C(=O)c2cc(C)cc(C)c2)cc1. The van der Waals surface area contributed by atoms with E-state index < -0.39 is 0 Å². The first-order valence-electron chi connectivity index (χ1n) is 7.24. The molecule has 0 saturated heterocycles. The van der Waals surface area contributed by atoms with Crippen LogP contribution >= 0.6 is 0 Å². The van der Waals surface area contributed by atoms with Crippen LogP contribution in [-0.2, 0) is 0 Å². The van der Waals surface area contributed by atoms with Gasteiger partial charge in [0.2, 0.25) is 0 Å². The summed E-state index contributed by atoms with van der Waals surface area (Å²) in [6.45, 7) is 8.44. The number of hydrogen-bond donors (Lipinski definition) is 0. The van der Waals surface area contributed by atoms with E-state index >= 15 is 0 Å². The Morgan fingerprint density at radius 3 is 2.00 bits per heavy atom. The zero-order valence-corrected chi connectivity index (χ0v) is 12.7. The summed E-state index contributed by atoms with van der Waals surface area (Å²) in [5, 5.41) is 0. The molecule has 0 aromatic heterocycles. The van der Waals surface area contributed by atoms with Crippen LogP contribution < -0.4 is 0 Å². The van der Waals surface area contributed by atoms with E-state index in [2.05, 4.69) is 32.0 Å². The van der Waals surface area contributed by atoms with E-state index in [4.69, 9.17) is 0 Å². The lowest BCUT2D eigenvalue weighted by molar-refractivity contribution is 0.103. The molecule has 2 aromatic carbocycles. The maximum atomic E-state index is 12.5. The Morgan fingerprint density at radius 2 is 1.50 bits per heavy atom. The van der Waals surface area contributed by atoms with Crippen LogP contribution in [0.25, 0.3) is 0 Å². The van der Waals surface area contributed by atoms with Gasteiger partial charge in [0.15, 0.2) is 5.78 Å². The standard InChI is InChI=1S/C19H22O/c1-5-15(4)16-6-8-17(9-7-16)19(20)18-11-13(2)10-14(3)12-18/h6-12,15H,5H2,1-4H3. The predicted molar refractivity (Wildman–Crippen MR) is 84.5 cm³/mol. The molecule has 104 valence electrons. The number of carbonyl (C=O) groups is 1. The van der Waals surface area contributed by atoms with Crippen LogP contribution in [-0.4, -0.2) is 5.78 Å². The minimum absolute atomic E-state index is 0.104. The summed E-state index contributed by atoms with van der Waals surface area (Å²) in [6.07, 6.45) is 1.12. The molecule has 1 nitrogen and oxygen atoms in total. The van der Waals surface area contributed by atoms with Gasteiger partial charge in [-0.2, -0.15) is 0 Å². The molecule has 20 heavy (non-hydrogen) atoms. The number of aryl methyl sites for hydroxylation is 2. The van der Waals surface area contributed by atoms with Gasteiger partial charge in [-0.15, -0.1) is 0 Å². The maximum absolute atomic E-state index is 12.5. The number of carbonyl (C=O) groups excluding carboxylic acids is 1. The van der Waals surface area contributed by atoms with E-state index in [0.717, 1.165) is 28.7 Å². The number of ketones is 1. The molecule has 0 bridgehead atoms. The molecule has 0 fully saturated rings. The third-order valence-corrected chi connectivity index (χ3v) is 3.84. The summed E-state index contributed by atoms with van der Waals surface area (Å²) >= 11 is 0. The minimum atomic E-state index is 0.104. The van der Waals surface area contributed by atoms with Gasteiger partial charge in [-0.05, 0) is 43.9 Å². The van der Waals surface area contributed by atoms with Gasteiger partial charge in [0, 0.05) is 11.1 Å². The molecule has 0 aliphatic rings. The van der Waals surface area contributed by atoms with Gasteiger partial charge in [0.25, 0.3) is 0 Å². The molecule has 0 heterocycles. The van der Waals surface area contributed by atoms with E-state index in [1.54, 1.807) is 0 Å². The summed E-state index contributed by atoms with van der Waals surface area (Å²) in [5.74, 6) is 0.646. The van der Waals surface area contributed by atoms with Crippen molar-refractivity contribution < 1.29 is 4.79 Å². The second-order valence-corrected chi connectivity index (χ2v) is 5.64. The van der Waals surface area contributed by atoms with Crippen molar-refractivity contribution in [2.75, 3.05) is 0 Å². The topological polar surface area (TPSA) is 17.1 Å². The van der Waals surface area contributed by atoms with Crippen molar-refractivity contribution in [3.63, 3.8) is 0 Å². The maximum Gasteiger partial charge on any atom is 0.193 e. The van der Waals surface area contributed by atoms with Crippen molar-refractivity contribution in [3.05, 3.63) is 70.3 Å². The van der Waals surface area contributed by atoms with Crippen molar-refractivity contribution in [1.82, 2.24) is 0 Å². The average molecular weight is 266 g/mol. The summed E-state index contributed by atoms with van der Waals surface area (Å²) in [6, 6.07) is 14.0. The molecule has 1 heteroatoms. The second-order valence-electron chi connectivity index (χ2n) is 5.64. The summed E-state index contributed by atoms with van der Waals surface area (Å²) in [7, 11) is 0. The molecule has 2 aromatic rings. The first kappa shape index (κ1) is 14.5. The molecule has 0 N–H and O–H groups in total. The van der Waals surface area contributed by atoms with Crippen molar-refractivity contribution in [1.29, 1.82) is 0 Å². The molecule has 0 aliphatic heterocycles. The van der Waals surface area contributed by atoms with Gasteiger partial charge in [0.1, 0.15) is 0 Å². The Kier molecular flexibility index (Phi) is 4.39. The van der Waals surface area contributed by atoms with E-state index in [9.17, 15) is 4.79 Å². The van der Waals surface area contributed by atoms with Gasteiger partial charge < -0.3 is 0 Å². The van der Waals surface area contributed by atoms with Gasteiger partial charge in [-0.25, -0.2) is 0 Å². The van der Waals surface area contributed by atoms with E-state index in [1.165, 1.54) is 5.56 Å². The molecule has 0 spiro atoms. The fourth-order valence-corrected chi connectivity index (χ4v) is 2.47. The fourth-order valence-electron chi connectivity index (χ4n) is 2.47. The molecule has 0 aliphatic carbocycles. The van der Waals surface area contributed by atoms with Gasteiger partial charge >= 0.3 is 0 Å². The summed E-state index contributed by atoms with van der Waals surface area (Å²) in [5.41, 5.74) is 5.10. The first-order chi connectivity index (χ1) is 9.51. The van der Waals surface area contributed by atoms with Gasteiger partial charge in [0.05, 0.1) is 0 Å². The van der Waals surface area contributed by atoms with Crippen molar-refractivity contribution in [3.8, 4) is 0 Å². The molecule has 1 atom stereocenters. The van der Waals surface area contributed by atoms with Crippen LogP contribution in [0.3, 0.4) is 0 Å². The highest BCUT2D eigenvalue weighted by Crippen LogP contribution is 2.20. The zero-order chi connectivity index (χ0) is 14.7. The smallest absolute Gasteiger partial charge is 0.193 e. The van der Waals surface area contributed by atoms with Crippen LogP contribution in [0.1, 0.15) is 58.8 Å². The van der Waals surface area contributed by atoms with Crippen LogP contribution in [0.5, 0.6) is 0 Å². The monoisotopic (exact) mass is 266 g/mol. The largest absolute Gasteiger partial charge is 0.289 e. The quantitative estimate of drug-likeness (QED) is 0.708. The molecule has 2 rings (SSSR count). The Labute approximate surface area is 121 Å². The van der Waals surface area contributed by atoms with E-state index in [0.29, 0.717) is 5.92 Å². The molecule has 0 amide bonds. The molecular weight excluding hydrogens is 244 g/mol. The predicted octanol–water partition coefficient (Wildman–Crippen LogP) is 5.05. The number of hydrogen-bond acceptors (Lipinski definition) is 1. The molecular formula is C19H22O. The van der Waals surface area contributed by atoms with Crippen LogP contribution in [0, 0.1) is 13.8 Å². The van der Waals surface area contributed by atoms with Gasteiger partial charge in [-0.1, -0.05) is 55.3 Å². The zero-order valence-electron chi connectivity index (χ0n) is 12.7. The molecule has 0 radical (unpaired) electrons. The second kappa shape index (κ2) is 6.04. The minimum Gasteiger partial charge on any atom is -0.289 e. The van der Waals surface area contributed by atoms with E-state index in [1.807, 2.05) is 38.1 Å². The Hall–Kier alpha value is -1.89. The highest BCUT2D eigenvalue weighted by atomic mass is 16.1. The third kappa shape index (κ3) is 3.16.